The van der Waals surface area contributed by atoms with Gasteiger partial charge in [-0.05, 0) is 19.1 Å². The summed E-state index contributed by atoms with van der Waals surface area (Å²) in [4.78, 5) is 11.5. The standard InChI is InChI=1S/C9H10N2OS/c1-7-2-3-8(6-10)9(12)11(7)4-5-13/h2-3,13H,4-5H2,1H3. The Labute approximate surface area is 82.0 Å². The molecule has 0 spiro atoms. The Morgan fingerprint density at radius 1 is 1.62 bits per heavy atom. The third-order valence-corrected chi connectivity index (χ3v) is 2.04. The van der Waals surface area contributed by atoms with Crippen LogP contribution in [0.5, 0.6) is 0 Å². The molecule has 1 aromatic rings. The Bertz CT molecular complexity index is 403. The van der Waals surface area contributed by atoms with Crippen LogP contribution in [0.1, 0.15) is 11.3 Å². The molecule has 68 valence electrons. The van der Waals surface area contributed by atoms with Crippen molar-refractivity contribution < 1.29 is 0 Å². The molecule has 0 fully saturated rings. The second-order valence-corrected chi connectivity index (χ2v) is 3.13. The molecule has 1 aromatic heterocycles. The van der Waals surface area contributed by atoms with E-state index >= 15 is 0 Å². The Morgan fingerprint density at radius 3 is 2.85 bits per heavy atom. The molecular weight excluding hydrogens is 184 g/mol. The maximum atomic E-state index is 11.5. The predicted octanol–water partition coefficient (Wildman–Crippen LogP) is 0.958. The van der Waals surface area contributed by atoms with Gasteiger partial charge in [0.05, 0.1) is 0 Å². The fourth-order valence-corrected chi connectivity index (χ4v) is 1.33. The zero-order valence-electron chi connectivity index (χ0n) is 7.32. The summed E-state index contributed by atoms with van der Waals surface area (Å²) in [5, 5.41) is 8.62. The van der Waals surface area contributed by atoms with Crippen molar-refractivity contribution in [2.24, 2.45) is 0 Å². The van der Waals surface area contributed by atoms with Crippen molar-refractivity contribution in [1.29, 1.82) is 5.26 Å². The molecule has 13 heavy (non-hydrogen) atoms. The van der Waals surface area contributed by atoms with Crippen LogP contribution < -0.4 is 5.56 Å². The first-order chi connectivity index (χ1) is 6.20. The van der Waals surface area contributed by atoms with Gasteiger partial charge in [-0.25, -0.2) is 0 Å². The summed E-state index contributed by atoms with van der Waals surface area (Å²) in [5.74, 6) is 0.593. The van der Waals surface area contributed by atoms with Gasteiger partial charge in [0.25, 0.3) is 5.56 Å². The van der Waals surface area contributed by atoms with Crippen LogP contribution in [0.25, 0.3) is 0 Å². The van der Waals surface area contributed by atoms with Gasteiger partial charge < -0.3 is 4.57 Å². The number of hydrogen-bond acceptors (Lipinski definition) is 3. The lowest BCUT2D eigenvalue weighted by Gasteiger charge is -2.07. The molecule has 0 aliphatic rings. The molecule has 0 amide bonds. The molecule has 4 heteroatoms. The van der Waals surface area contributed by atoms with Gasteiger partial charge in [0.15, 0.2) is 0 Å². The van der Waals surface area contributed by atoms with Gasteiger partial charge in [0.2, 0.25) is 0 Å². The molecule has 0 saturated carbocycles. The Balaban J connectivity index is 3.32. The maximum absolute atomic E-state index is 11.5. The van der Waals surface area contributed by atoms with E-state index in [1.54, 1.807) is 16.7 Å². The Hall–Kier alpha value is -1.21. The molecule has 0 aliphatic carbocycles. The largest absolute Gasteiger partial charge is 0.311 e. The van der Waals surface area contributed by atoms with E-state index in [1.807, 2.05) is 13.0 Å². The van der Waals surface area contributed by atoms with Crippen molar-refractivity contribution in [3.05, 3.63) is 33.7 Å². The van der Waals surface area contributed by atoms with E-state index in [9.17, 15) is 4.79 Å². The molecule has 0 aromatic carbocycles. The first kappa shape index (κ1) is 9.87. The van der Waals surface area contributed by atoms with Crippen molar-refractivity contribution in [2.75, 3.05) is 5.75 Å². The van der Waals surface area contributed by atoms with Crippen molar-refractivity contribution >= 4 is 12.6 Å². The highest BCUT2D eigenvalue weighted by atomic mass is 32.1. The minimum absolute atomic E-state index is 0.187. The summed E-state index contributed by atoms with van der Waals surface area (Å²) in [6.45, 7) is 2.38. The third-order valence-electron chi connectivity index (χ3n) is 1.84. The van der Waals surface area contributed by atoms with Gasteiger partial charge in [-0.3, -0.25) is 4.79 Å². The van der Waals surface area contributed by atoms with Crippen LogP contribution in [-0.4, -0.2) is 10.3 Å². The predicted molar refractivity (Wildman–Crippen MR) is 54.0 cm³/mol. The highest BCUT2D eigenvalue weighted by Gasteiger charge is 2.03. The fourth-order valence-electron chi connectivity index (χ4n) is 1.13. The zero-order chi connectivity index (χ0) is 9.84. The highest BCUT2D eigenvalue weighted by molar-refractivity contribution is 7.80. The minimum Gasteiger partial charge on any atom is -0.311 e. The van der Waals surface area contributed by atoms with Crippen LogP contribution >= 0.6 is 12.6 Å². The monoisotopic (exact) mass is 194 g/mol. The van der Waals surface area contributed by atoms with Crippen LogP contribution in [-0.2, 0) is 6.54 Å². The number of rotatable bonds is 2. The van der Waals surface area contributed by atoms with Gasteiger partial charge >= 0.3 is 0 Å². The van der Waals surface area contributed by atoms with Gasteiger partial charge in [-0.1, -0.05) is 0 Å². The number of aromatic nitrogens is 1. The summed E-state index contributed by atoms with van der Waals surface area (Å²) in [6, 6.07) is 5.18. The van der Waals surface area contributed by atoms with E-state index in [1.165, 1.54) is 0 Å². The van der Waals surface area contributed by atoms with Crippen LogP contribution in [0.4, 0.5) is 0 Å². The number of thiol groups is 1. The van der Waals surface area contributed by atoms with Gasteiger partial charge in [0.1, 0.15) is 11.6 Å². The van der Waals surface area contributed by atoms with Crippen molar-refractivity contribution in [3.8, 4) is 6.07 Å². The van der Waals surface area contributed by atoms with E-state index in [0.717, 1.165) is 5.69 Å². The average molecular weight is 194 g/mol. The molecule has 0 saturated heterocycles. The lowest BCUT2D eigenvalue weighted by Crippen LogP contribution is -2.24. The van der Waals surface area contributed by atoms with Gasteiger partial charge in [0, 0.05) is 18.0 Å². The van der Waals surface area contributed by atoms with Crippen molar-refractivity contribution in [1.82, 2.24) is 4.57 Å². The summed E-state index contributed by atoms with van der Waals surface area (Å²) in [5.41, 5.74) is 0.821. The van der Waals surface area contributed by atoms with E-state index in [0.29, 0.717) is 12.3 Å². The van der Waals surface area contributed by atoms with Gasteiger partial charge in [-0.15, -0.1) is 0 Å². The smallest absolute Gasteiger partial charge is 0.268 e. The average Bonchev–Trinajstić information content (AvgIpc) is 2.12. The van der Waals surface area contributed by atoms with E-state index < -0.39 is 0 Å². The Kier molecular flexibility index (Phi) is 3.15. The summed E-state index contributed by atoms with van der Waals surface area (Å²) in [7, 11) is 0. The number of aryl methyl sites for hydroxylation is 1. The lowest BCUT2D eigenvalue weighted by molar-refractivity contribution is 0.707. The quantitative estimate of drug-likeness (QED) is 0.713. The molecule has 0 bridgehead atoms. The van der Waals surface area contributed by atoms with E-state index in [4.69, 9.17) is 5.26 Å². The molecule has 1 rings (SSSR count). The molecule has 1 heterocycles. The lowest BCUT2D eigenvalue weighted by atomic mass is 10.2. The summed E-state index contributed by atoms with van der Waals surface area (Å²) < 4.78 is 1.56. The SMILES string of the molecule is Cc1ccc(C#N)c(=O)n1CCS. The first-order valence-corrected chi connectivity index (χ1v) is 4.55. The number of nitriles is 1. The zero-order valence-corrected chi connectivity index (χ0v) is 8.21. The second kappa shape index (κ2) is 4.15. The molecular formula is C9H10N2OS. The van der Waals surface area contributed by atoms with Crippen LogP contribution in [0.15, 0.2) is 16.9 Å². The molecule has 0 aliphatic heterocycles. The number of hydrogen-bond donors (Lipinski definition) is 1. The Morgan fingerprint density at radius 2 is 2.31 bits per heavy atom. The van der Waals surface area contributed by atoms with Gasteiger partial charge in [-0.2, -0.15) is 17.9 Å². The maximum Gasteiger partial charge on any atom is 0.268 e. The van der Waals surface area contributed by atoms with Crippen LogP contribution in [0.2, 0.25) is 0 Å². The fraction of sp³-hybridized carbons (Fsp3) is 0.333. The van der Waals surface area contributed by atoms with Crippen LogP contribution in [0.3, 0.4) is 0 Å². The topological polar surface area (TPSA) is 45.8 Å². The highest BCUT2D eigenvalue weighted by Crippen LogP contribution is 1.97. The molecule has 0 radical (unpaired) electrons. The molecule has 0 unspecified atom stereocenters. The van der Waals surface area contributed by atoms with Crippen molar-refractivity contribution in [3.63, 3.8) is 0 Å². The second-order valence-electron chi connectivity index (χ2n) is 2.68. The van der Waals surface area contributed by atoms with E-state index in [2.05, 4.69) is 12.6 Å². The summed E-state index contributed by atoms with van der Waals surface area (Å²) >= 11 is 4.05. The first-order valence-electron chi connectivity index (χ1n) is 3.92. The number of pyridine rings is 1. The molecule has 3 nitrogen and oxygen atoms in total. The van der Waals surface area contributed by atoms with E-state index in [-0.39, 0.29) is 11.1 Å². The molecule has 0 N–H and O–H groups in total. The third kappa shape index (κ3) is 1.93. The minimum atomic E-state index is -0.225. The number of nitrogens with zero attached hydrogens (tertiary/aromatic N) is 2. The van der Waals surface area contributed by atoms with Crippen molar-refractivity contribution in [2.45, 2.75) is 13.5 Å². The van der Waals surface area contributed by atoms with Crippen LogP contribution in [0, 0.1) is 18.3 Å². The summed E-state index contributed by atoms with van der Waals surface area (Å²) in [6.07, 6.45) is 0. The normalized spacial score (nSPS) is 9.62. The molecule has 0 atom stereocenters.